The molecule has 1 aliphatic rings. The molecule has 0 aliphatic carbocycles. The van der Waals surface area contributed by atoms with Gasteiger partial charge in [-0.25, -0.2) is 4.98 Å². The molecule has 0 radical (unpaired) electrons. The molecule has 0 atom stereocenters. The van der Waals surface area contributed by atoms with Crippen LogP contribution in [0.4, 0.5) is 5.95 Å². The molecule has 1 N–H and O–H groups in total. The van der Waals surface area contributed by atoms with Crippen molar-refractivity contribution in [2.75, 3.05) is 18.0 Å². The van der Waals surface area contributed by atoms with Crippen molar-refractivity contribution in [2.45, 2.75) is 32.4 Å². The lowest BCUT2D eigenvalue weighted by atomic mass is 10.1. The molecule has 0 amide bonds. The molecular weight excluding hydrogens is 490 g/mol. The molecule has 6 nitrogen and oxygen atoms in total. The van der Waals surface area contributed by atoms with Gasteiger partial charge in [0.05, 0.1) is 28.6 Å². The van der Waals surface area contributed by atoms with Gasteiger partial charge in [0, 0.05) is 30.4 Å². The van der Waals surface area contributed by atoms with Gasteiger partial charge in [-0.2, -0.15) is 5.26 Å². The topological polar surface area (TPSA) is 74.0 Å². The van der Waals surface area contributed by atoms with Crippen LogP contribution in [0, 0.1) is 11.3 Å². The molecule has 0 saturated carbocycles. The van der Waals surface area contributed by atoms with Crippen molar-refractivity contribution in [3.8, 4) is 6.07 Å². The van der Waals surface area contributed by atoms with Crippen molar-refractivity contribution < 1.29 is 0 Å². The third kappa shape index (κ3) is 4.88. The molecular formula is C28H26ClN5OS. The average Bonchev–Trinajstić information content (AvgIpc) is 3.35. The summed E-state index contributed by atoms with van der Waals surface area (Å²) in [6, 6.07) is 19.3. The van der Waals surface area contributed by atoms with E-state index in [1.807, 2.05) is 48.5 Å². The number of hydrogen-bond donors (Lipinski definition) is 1. The van der Waals surface area contributed by atoms with Gasteiger partial charge in [-0.1, -0.05) is 54.6 Å². The SMILES string of the molecule is C=C(NCc1ccccc1Cl)c1cc2nc(N3CCCCC3)n(Cc3ccccc3C#N)c(=O)c2s1. The van der Waals surface area contributed by atoms with Crippen molar-refractivity contribution in [3.05, 3.63) is 98.1 Å². The molecule has 3 heterocycles. The van der Waals surface area contributed by atoms with E-state index < -0.39 is 0 Å². The summed E-state index contributed by atoms with van der Waals surface area (Å²) in [4.78, 5) is 21.8. The standard InChI is InChI=1S/C28H26ClN5OS/c1-19(31-17-21-10-5-6-12-23(21)29)25-15-24-26(36-25)27(35)34(18-22-11-4-3-9-20(22)16-30)28(32-24)33-13-7-2-8-14-33/h3-6,9-12,15,31H,1-2,7-8,13-14,17-18H2. The highest BCUT2D eigenvalue weighted by Crippen LogP contribution is 2.29. The highest BCUT2D eigenvalue weighted by molar-refractivity contribution is 7.19. The fourth-order valence-corrected chi connectivity index (χ4v) is 5.69. The van der Waals surface area contributed by atoms with Gasteiger partial charge in [-0.3, -0.25) is 9.36 Å². The predicted molar refractivity (Wildman–Crippen MR) is 148 cm³/mol. The zero-order chi connectivity index (χ0) is 25.1. The van der Waals surface area contributed by atoms with E-state index in [9.17, 15) is 10.1 Å². The fraction of sp³-hybridized carbons (Fsp3) is 0.250. The number of hydrogen-bond acceptors (Lipinski definition) is 6. The molecule has 4 aromatic rings. The van der Waals surface area contributed by atoms with E-state index in [2.05, 4.69) is 22.9 Å². The molecule has 8 heteroatoms. The fourth-order valence-electron chi connectivity index (χ4n) is 4.49. The molecule has 36 heavy (non-hydrogen) atoms. The van der Waals surface area contributed by atoms with E-state index in [-0.39, 0.29) is 5.56 Å². The summed E-state index contributed by atoms with van der Waals surface area (Å²) >= 11 is 7.68. The first-order chi connectivity index (χ1) is 17.5. The van der Waals surface area contributed by atoms with E-state index in [4.69, 9.17) is 16.6 Å². The lowest BCUT2D eigenvalue weighted by molar-refractivity contribution is 0.553. The van der Waals surface area contributed by atoms with Gasteiger partial charge in [0.1, 0.15) is 4.70 Å². The molecule has 1 fully saturated rings. The van der Waals surface area contributed by atoms with E-state index in [1.165, 1.54) is 17.8 Å². The normalized spacial score (nSPS) is 13.5. The van der Waals surface area contributed by atoms with Crippen LogP contribution in [0.15, 0.2) is 66.0 Å². The first-order valence-corrected chi connectivity index (χ1v) is 13.2. The molecule has 5 rings (SSSR count). The molecule has 182 valence electrons. The van der Waals surface area contributed by atoms with E-state index in [0.717, 1.165) is 47.6 Å². The van der Waals surface area contributed by atoms with Gasteiger partial charge in [0.15, 0.2) is 0 Å². The molecule has 0 bridgehead atoms. The van der Waals surface area contributed by atoms with Crippen molar-refractivity contribution in [2.24, 2.45) is 0 Å². The summed E-state index contributed by atoms with van der Waals surface area (Å²) < 4.78 is 2.31. The number of rotatable bonds is 7. The molecule has 0 unspecified atom stereocenters. The maximum atomic E-state index is 13.8. The zero-order valence-electron chi connectivity index (χ0n) is 19.8. The summed E-state index contributed by atoms with van der Waals surface area (Å²) in [7, 11) is 0. The number of thiophene rings is 1. The van der Waals surface area contributed by atoms with Crippen molar-refractivity contribution in [3.63, 3.8) is 0 Å². The Kier molecular flexibility index (Phi) is 7.08. The maximum Gasteiger partial charge on any atom is 0.273 e. The Morgan fingerprint density at radius 1 is 1.11 bits per heavy atom. The number of fused-ring (bicyclic) bond motifs is 1. The Morgan fingerprint density at radius 3 is 2.58 bits per heavy atom. The minimum atomic E-state index is -0.0940. The van der Waals surface area contributed by atoms with Crippen LogP contribution in [0.3, 0.4) is 0 Å². The first kappa shape index (κ1) is 24.1. The summed E-state index contributed by atoms with van der Waals surface area (Å²) in [6.07, 6.45) is 3.32. The second-order valence-electron chi connectivity index (χ2n) is 8.87. The Hall–Kier alpha value is -3.60. The van der Waals surface area contributed by atoms with Crippen LogP contribution < -0.4 is 15.8 Å². The lowest BCUT2D eigenvalue weighted by Gasteiger charge is -2.29. The number of piperidine rings is 1. The summed E-state index contributed by atoms with van der Waals surface area (Å²) in [5, 5.41) is 13.6. The summed E-state index contributed by atoms with van der Waals surface area (Å²) in [6.45, 7) is 6.75. The number of nitrogens with zero attached hydrogens (tertiary/aromatic N) is 4. The van der Waals surface area contributed by atoms with Crippen LogP contribution in [0.25, 0.3) is 15.9 Å². The number of halogens is 1. The summed E-state index contributed by atoms with van der Waals surface area (Å²) in [5.41, 5.74) is 3.65. The number of nitrogens with one attached hydrogen (secondary N) is 1. The third-order valence-electron chi connectivity index (χ3n) is 6.47. The highest BCUT2D eigenvalue weighted by atomic mass is 35.5. The Bertz CT molecular complexity index is 1530. The van der Waals surface area contributed by atoms with Gasteiger partial charge in [-0.15, -0.1) is 11.3 Å². The van der Waals surface area contributed by atoms with Crippen LogP contribution in [0.5, 0.6) is 0 Å². The minimum Gasteiger partial charge on any atom is -0.380 e. The van der Waals surface area contributed by atoms with Crippen LogP contribution in [0.1, 0.15) is 40.8 Å². The first-order valence-electron chi connectivity index (χ1n) is 12.0. The molecule has 2 aromatic heterocycles. The smallest absolute Gasteiger partial charge is 0.273 e. The lowest BCUT2D eigenvalue weighted by Crippen LogP contribution is -2.36. The zero-order valence-corrected chi connectivity index (χ0v) is 21.4. The average molecular weight is 516 g/mol. The molecule has 1 saturated heterocycles. The maximum absolute atomic E-state index is 13.8. The monoisotopic (exact) mass is 515 g/mol. The Balaban J connectivity index is 1.52. The Labute approximate surface area is 219 Å². The number of anilines is 1. The molecule has 2 aromatic carbocycles. The van der Waals surface area contributed by atoms with Crippen LogP contribution in [0.2, 0.25) is 5.02 Å². The third-order valence-corrected chi connectivity index (χ3v) is 8.01. The number of benzene rings is 2. The summed E-state index contributed by atoms with van der Waals surface area (Å²) in [5.74, 6) is 0.666. The molecule has 0 spiro atoms. The Morgan fingerprint density at radius 2 is 1.83 bits per heavy atom. The van der Waals surface area contributed by atoms with Gasteiger partial charge in [0.25, 0.3) is 5.56 Å². The van der Waals surface area contributed by atoms with Crippen molar-refractivity contribution in [1.29, 1.82) is 5.26 Å². The quantitative estimate of drug-likeness (QED) is 0.337. The minimum absolute atomic E-state index is 0.0940. The number of nitriles is 1. The van der Waals surface area contributed by atoms with E-state index in [1.54, 1.807) is 10.6 Å². The van der Waals surface area contributed by atoms with E-state index in [0.29, 0.717) is 39.8 Å². The van der Waals surface area contributed by atoms with Crippen LogP contribution in [-0.2, 0) is 13.1 Å². The van der Waals surface area contributed by atoms with Crippen molar-refractivity contribution in [1.82, 2.24) is 14.9 Å². The predicted octanol–water partition coefficient (Wildman–Crippen LogP) is 5.78. The second kappa shape index (κ2) is 10.6. The second-order valence-corrected chi connectivity index (χ2v) is 10.3. The van der Waals surface area contributed by atoms with Gasteiger partial charge >= 0.3 is 0 Å². The number of aromatic nitrogens is 2. The van der Waals surface area contributed by atoms with E-state index >= 15 is 0 Å². The van der Waals surface area contributed by atoms with Crippen LogP contribution in [-0.4, -0.2) is 22.6 Å². The largest absolute Gasteiger partial charge is 0.380 e. The van der Waals surface area contributed by atoms with Gasteiger partial charge < -0.3 is 10.2 Å². The highest BCUT2D eigenvalue weighted by Gasteiger charge is 2.22. The van der Waals surface area contributed by atoms with Gasteiger partial charge in [-0.05, 0) is 48.6 Å². The van der Waals surface area contributed by atoms with Crippen LogP contribution >= 0.6 is 22.9 Å². The van der Waals surface area contributed by atoms with Gasteiger partial charge in [0.2, 0.25) is 5.95 Å². The van der Waals surface area contributed by atoms with Crippen molar-refractivity contribution >= 4 is 44.8 Å². The molecule has 1 aliphatic heterocycles.